The van der Waals surface area contributed by atoms with Gasteiger partial charge in [-0.3, -0.25) is 0 Å². The van der Waals surface area contributed by atoms with Crippen LogP contribution in [0.2, 0.25) is 0 Å². The number of quaternary nitrogens is 1. The second-order valence-electron chi connectivity index (χ2n) is 2.75. The van der Waals surface area contributed by atoms with Crippen LogP contribution >= 0.6 is 0 Å². The van der Waals surface area contributed by atoms with Gasteiger partial charge in [0.2, 0.25) is 0 Å². The van der Waals surface area contributed by atoms with Crippen LogP contribution in [-0.4, -0.2) is 13.1 Å². The van der Waals surface area contributed by atoms with E-state index in [0.717, 1.165) is 0 Å². The zero-order valence-electron chi connectivity index (χ0n) is 7.56. The Morgan fingerprint density at radius 3 is 2.69 bits per heavy atom. The van der Waals surface area contributed by atoms with Gasteiger partial charge < -0.3 is 10.5 Å². The molecule has 0 spiro atoms. The van der Waals surface area contributed by atoms with Crippen molar-refractivity contribution >= 4 is 11.7 Å². The van der Waals surface area contributed by atoms with Gasteiger partial charge in [0, 0.05) is 6.07 Å². The number of aryl methyl sites for hydroxylation is 1. The second-order valence-corrected chi connectivity index (χ2v) is 2.75. The van der Waals surface area contributed by atoms with Crippen LogP contribution in [0.3, 0.4) is 0 Å². The summed E-state index contributed by atoms with van der Waals surface area (Å²) in [7, 11) is 1.28. The van der Waals surface area contributed by atoms with Gasteiger partial charge in [0.1, 0.15) is 17.1 Å². The molecule has 0 fully saturated rings. The Balaban J connectivity index is 3.23. The highest BCUT2D eigenvalue weighted by molar-refractivity contribution is 5.93. The molecule has 3 nitrogen and oxygen atoms in total. The van der Waals surface area contributed by atoms with Crippen molar-refractivity contribution in [3.63, 3.8) is 0 Å². The van der Waals surface area contributed by atoms with Gasteiger partial charge in [-0.2, -0.15) is 0 Å². The third-order valence-electron chi connectivity index (χ3n) is 1.79. The number of halogens is 1. The summed E-state index contributed by atoms with van der Waals surface area (Å²) < 4.78 is 17.4. The first kappa shape index (κ1) is 9.67. The number of hydrogen-bond donors (Lipinski definition) is 1. The number of hydrogen-bond acceptors (Lipinski definition) is 2. The maximum absolute atomic E-state index is 12.9. The van der Waals surface area contributed by atoms with Crippen LogP contribution in [-0.2, 0) is 4.74 Å². The molecule has 1 rings (SSSR count). The van der Waals surface area contributed by atoms with Crippen LogP contribution < -0.4 is 5.73 Å². The first-order chi connectivity index (χ1) is 6.06. The lowest BCUT2D eigenvalue weighted by atomic mass is 10.1. The Morgan fingerprint density at radius 1 is 1.54 bits per heavy atom. The van der Waals surface area contributed by atoms with Crippen molar-refractivity contribution in [3.8, 4) is 0 Å². The highest BCUT2D eigenvalue weighted by atomic mass is 19.1. The summed E-state index contributed by atoms with van der Waals surface area (Å²) in [5.74, 6) is -0.856. The van der Waals surface area contributed by atoms with E-state index in [4.69, 9.17) is 0 Å². The van der Waals surface area contributed by atoms with E-state index in [2.05, 4.69) is 10.5 Å². The van der Waals surface area contributed by atoms with Gasteiger partial charge in [-0.25, -0.2) is 9.18 Å². The van der Waals surface area contributed by atoms with Crippen LogP contribution in [0.5, 0.6) is 0 Å². The Bertz CT molecular complexity index is 350. The fraction of sp³-hybridized carbons (Fsp3) is 0.222. The molecule has 70 valence electrons. The summed E-state index contributed by atoms with van der Waals surface area (Å²) in [6.07, 6.45) is 0. The first-order valence-corrected chi connectivity index (χ1v) is 3.76. The lowest BCUT2D eigenvalue weighted by molar-refractivity contribution is -0.255. The summed E-state index contributed by atoms with van der Waals surface area (Å²) in [5.41, 5.74) is 4.61. The fourth-order valence-corrected chi connectivity index (χ4v) is 1.02. The van der Waals surface area contributed by atoms with Gasteiger partial charge >= 0.3 is 5.97 Å². The van der Waals surface area contributed by atoms with E-state index in [1.807, 2.05) is 0 Å². The third kappa shape index (κ3) is 1.84. The van der Waals surface area contributed by atoms with Gasteiger partial charge in [0.25, 0.3) is 0 Å². The molecule has 0 aliphatic carbocycles. The molecule has 4 heteroatoms. The van der Waals surface area contributed by atoms with Crippen molar-refractivity contribution in [2.45, 2.75) is 6.92 Å². The standard InChI is InChI=1S/C9H10FNO2/c1-5-3-6(9(12)13-2)8(11)4-7(5)10/h3-4H,11H2,1-2H3/p+1. The van der Waals surface area contributed by atoms with Crippen molar-refractivity contribution < 1.29 is 19.7 Å². The minimum absolute atomic E-state index is 0.307. The first-order valence-electron chi connectivity index (χ1n) is 3.76. The molecule has 0 radical (unpaired) electrons. The average molecular weight is 184 g/mol. The van der Waals surface area contributed by atoms with Crippen LogP contribution in [0.1, 0.15) is 15.9 Å². The Morgan fingerprint density at radius 2 is 2.15 bits per heavy atom. The van der Waals surface area contributed by atoms with E-state index in [9.17, 15) is 9.18 Å². The number of esters is 1. The average Bonchev–Trinajstić information content (AvgIpc) is 2.10. The molecule has 0 aliphatic heterocycles. The molecule has 1 aromatic rings. The molecule has 13 heavy (non-hydrogen) atoms. The van der Waals surface area contributed by atoms with Crippen molar-refractivity contribution in [2.24, 2.45) is 0 Å². The highest BCUT2D eigenvalue weighted by Gasteiger charge is 2.14. The zero-order chi connectivity index (χ0) is 10.0. The maximum Gasteiger partial charge on any atom is 0.343 e. The minimum Gasteiger partial charge on any atom is -0.465 e. The molecule has 1 aromatic carbocycles. The summed E-state index contributed by atoms with van der Waals surface area (Å²) in [6, 6.07) is 2.66. The third-order valence-corrected chi connectivity index (χ3v) is 1.79. The second kappa shape index (κ2) is 3.53. The molecule has 0 aromatic heterocycles. The lowest BCUT2D eigenvalue weighted by Crippen LogP contribution is -2.42. The van der Waals surface area contributed by atoms with Crippen molar-refractivity contribution in [1.82, 2.24) is 0 Å². The van der Waals surface area contributed by atoms with Crippen LogP contribution in [0.4, 0.5) is 10.1 Å². The zero-order valence-corrected chi connectivity index (χ0v) is 7.56. The van der Waals surface area contributed by atoms with Gasteiger partial charge in [0.15, 0.2) is 0 Å². The van der Waals surface area contributed by atoms with Gasteiger partial charge in [-0.05, 0) is 18.6 Å². The summed E-state index contributed by atoms with van der Waals surface area (Å²) in [6.45, 7) is 1.58. The molecule has 0 bridgehead atoms. The highest BCUT2D eigenvalue weighted by Crippen LogP contribution is 2.16. The molecule has 0 saturated heterocycles. The quantitative estimate of drug-likeness (QED) is 0.656. The van der Waals surface area contributed by atoms with Gasteiger partial charge in [0.05, 0.1) is 7.11 Å². The molecule has 0 saturated carbocycles. The van der Waals surface area contributed by atoms with E-state index in [1.165, 1.54) is 19.2 Å². The lowest BCUT2D eigenvalue weighted by Gasteiger charge is -2.02. The topological polar surface area (TPSA) is 53.9 Å². The molecule has 3 N–H and O–H groups in total. The molecule has 0 atom stereocenters. The van der Waals surface area contributed by atoms with E-state index >= 15 is 0 Å². The van der Waals surface area contributed by atoms with Gasteiger partial charge in [-0.1, -0.05) is 0 Å². The van der Waals surface area contributed by atoms with E-state index < -0.39 is 5.97 Å². The van der Waals surface area contributed by atoms with Crippen molar-refractivity contribution in [1.29, 1.82) is 0 Å². The van der Waals surface area contributed by atoms with E-state index in [0.29, 0.717) is 16.8 Å². The van der Waals surface area contributed by atoms with Crippen LogP contribution in [0.25, 0.3) is 0 Å². The molecule has 0 unspecified atom stereocenters. The van der Waals surface area contributed by atoms with Crippen LogP contribution in [0, 0.1) is 12.7 Å². The molecular weight excluding hydrogens is 173 g/mol. The van der Waals surface area contributed by atoms with Crippen molar-refractivity contribution in [3.05, 3.63) is 29.1 Å². The SMILES string of the molecule is COC(=O)c1cc(C)c(F)cc1[NH3+]. The molecular formula is C9H11FNO2+. The number of ether oxygens (including phenoxy) is 1. The van der Waals surface area contributed by atoms with E-state index in [1.54, 1.807) is 6.92 Å². The van der Waals surface area contributed by atoms with Gasteiger partial charge in [-0.15, -0.1) is 0 Å². The van der Waals surface area contributed by atoms with Crippen LogP contribution in [0.15, 0.2) is 12.1 Å². The van der Waals surface area contributed by atoms with E-state index in [-0.39, 0.29) is 5.82 Å². The number of rotatable bonds is 1. The number of carbonyl (C=O) groups is 1. The molecule has 0 aliphatic rings. The smallest absolute Gasteiger partial charge is 0.343 e. The largest absolute Gasteiger partial charge is 0.465 e. The normalized spacial score (nSPS) is 9.85. The monoisotopic (exact) mass is 184 g/mol. The number of methoxy groups -OCH3 is 1. The van der Waals surface area contributed by atoms with Crippen molar-refractivity contribution in [2.75, 3.05) is 7.11 Å². The predicted octanol–water partition coefficient (Wildman–Crippen LogP) is 0.794. The Hall–Kier alpha value is -1.42. The maximum atomic E-state index is 12.9. The predicted molar refractivity (Wildman–Crippen MR) is 45.0 cm³/mol. The molecule has 0 amide bonds. The Kier molecular flexibility index (Phi) is 2.63. The minimum atomic E-state index is -0.493. The number of carbonyl (C=O) groups excluding carboxylic acids is 1. The summed E-state index contributed by atoms with van der Waals surface area (Å²) in [5, 5.41) is 0. The Labute approximate surface area is 75.3 Å². The summed E-state index contributed by atoms with van der Waals surface area (Å²) >= 11 is 0. The fourth-order valence-electron chi connectivity index (χ4n) is 1.02. The number of benzene rings is 1. The molecule has 0 heterocycles. The summed E-state index contributed by atoms with van der Waals surface area (Å²) in [4.78, 5) is 11.1.